The summed E-state index contributed by atoms with van der Waals surface area (Å²) in [5, 5.41) is 0. The first-order valence-corrected chi connectivity index (χ1v) is 14.7. The summed E-state index contributed by atoms with van der Waals surface area (Å²) >= 11 is 0. The fourth-order valence-electron chi connectivity index (χ4n) is 5.92. The molecular weight excluding hydrogens is 522 g/mol. The minimum absolute atomic E-state index is 0.0900. The average molecular weight is 562 g/mol. The lowest BCUT2D eigenvalue weighted by Gasteiger charge is -2.35. The zero-order valence-corrected chi connectivity index (χ0v) is 23.5. The normalized spacial score (nSPS) is 25.1. The molecule has 0 bridgehead atoms. The zero-order valence-electron chi connectivity index (χ0n) is 23.5. The molecular formula is C33H39NO7. The number of allylic oxidation sites excluding steroid dienone is 2. The number of hydrogen-bond donors (Lipinski definition) is 0. The number of rotatable bonds is 12. The van der Waals surface area contributed by atoms with Crippen molar-refractivity contribution in [1.29, 1.82) is 0 Å². The number of nitrogens with zero attached hydrogens (tertiary/aromatic N) is 1. The third kappa shape index (κ3) is 7.91. The summed E-state index contributed by atoms with van der Waals surface area (Å²) < 4.78 is 22.0. The van der Waals surface area contributed by atoms with Crippen molar-refractivity contribution in [2.75, 3.05) is 32.9 Å². The second-order valence-electron chi connectivity index (χ2n) is 10.9. The van der Waals surface area contributed by atoms with Crippen LogP contribution in [0.5, 0.6) is 0 Å². The van der Waals surface area contributed by atoms with Crippen molar-refractivity contribution >= 4 is 17.7 Å². The molecule has 2 aliphatic heterocycles. The van der Waals surface area contributed by atoms with E-state index in [4.69, 9.17) is 18.9 Å². The fourth-order valence-corrected chi connectivity index (χ4v) is 5.92. The number of ether oxygens (including phenoxy) is 4. The highest BCUT2D eigenvalue weighted by molar-refractivity contribution is 5.87. The molecule has 1 unspecified atom stereocenters. The lowest BCUT2D eigenvalue weighted by atomic mass is 9.93. The van der Waals surface area contributed by atoms with Gasteiger partial charge in [0.15, 0.2) is 5.78 Å². The van der Waals surface area contributed by atoms with Crippen LogP contribution in [-0.4, -0.2) is 73.8 Å². The van der Waals surface area contributed by atoms with Crippen LogP contribution in [-0.2, 0) is 39.9 Å². The van der Waals surface area contributed by atoms with E-state index in [0.29, 0.717) is 45.7 Å². The Bertz CT molecular complexity index is 1190. The molecule has 3 aliphatic rings. The summed E-state index contributed by atoms with van der Waals surface area (Å²) in [6.45, 7) is 3.57. The number of ketones is 1. The molecule has 0 N–H and O–H groups in total. The number of esters is 2. The third-order valence-corrected chi connectivity index (χ3v) is 8.09. The number of hydrogen-bond acceptors (Lipinski definition) is 8. The Balaban J connectivity index is 1.14. The van der Waals surface area contributed by atoms with E-state index in [1.807, 2.05) is 24.3 Å². The Kier molecular flexibility index (Phi) is 10.3. The Morgan fingerprint density at radius 2 is 1.66 bits per heavy atom. The molecule has 41 heavy (non-hydrogen) atoms. The van der Waals surface area contributed by atoms with E-state index in [-0.39, 0.29) is 30.3 Å². The second-order valence-corrected chi connectivity index (χ2v) is 10.9. The minimum atomic E-state index is -0.762. The van der Waals surface area contributed by atoms with Crippen molar-refractivity contribution in [3.8, 4) is 11.1 Å². The van der Waals surface area contributed by atoms with E-state index in [1.165, 1.54) is 5.56 Å². The molecule has 0 radical (unpaired) electrons. The van der Waals surface area contributed by atoms with E-state index in [1.54, 1.807) is 0 Å². The summed E-state index contributed by atoms with van der Waals surface area (Å²) in [4.78, 5) is 39.0. The summed E-state index contributed by atoms with van der Waals surface area (Å²) in [6.07, 6.45) is 6.34. The van der Waals surface area contributed by atoms with Crippen LogP contribution in [0.1, 0.15) is 44.1 Å². The second kappa shape index (κ2) is 14.5. The monoisotopic (exact) mass is 561 g/mol. The van der Waals surface area contributed by atoms with Crippen molar-refractivity contribution in [3.05, 3.63) is 72.3 Å². The molecule has 5 rings (SSSR count). The fraction of sp³-hybridized carbons (Fsp3) is 0.485. The Morgan fingerprint density at radius 1 is 0.927 bits per heavy atom. The Labute approximate surface area is 241 Å². The van der Waals surface area contributed by atoms with Crippen LogP contribution in [0, 0.1) is 5.92 Å². The molecule has 2 aromatic rings. The molecule has 218 valence electrons. The van der Waals surface area contributed by atoms with Gasteiger partial charge in [0, 0.05) is 38.3 Å². The lowest BCUT2D eigenvalue weighted by Crippen LogP contribution is -2.49. The summed E-state index contributed by atoms with van der Waals surface area (Å²) in [7, 11) is 0. The van der Waals surface area contributed by atoms with Gasteiger partial charge in [-0.2, -0.15) is 0 Å². The van der Waals surface area contributed by atoms with E-state index < -0.39 is 18.0 Å². The van der Waals surface area contributed by atoms with Gasteiger partial charge >= 0.3 is 11.9 Å². The molecule has 4 atom stereocenters. The predicted molar refractivity (Wildman–Crippen MR) is 153 cm³/mol. The number of morpholine rings is 1. The minimum Gasteiger partial charge on any atom is -0.463 e. The predicted octanol–water partition coefficient (Wildman–Crippen LogP) is 4.50. The van der Waals surface area contributed by atoms with Gasteiger partial charge in [-0.25, -0.2) is 4.79 Å². The van der Waals surface area contributed by atoms with Gasteiger partial charge in [-0.05, 0) is 36.0 Å². The number of benzene rings is 2. The highest BCUT2D eigenvalue weighted by Crippen LogP contribution is 2.35. The Morgan fingerprint density at radius 3 is 2.39 bits per heavy atom. The molecule has 2 saturated heterocycles. The smallest absolute Gasteiger partial charge is 0.347 e. The molecule has 0 aromatic heterocycles. The molecule has 0 spiro atoms. The number of cyclic esters (lactones) is 1. The largest absolute Gasteiger partial charge is 0.463 e. The quantitative estimate of drug-likeness (QED) is 0.276. The maximum Gasteiger partial charge on any atom is 0.347 e. The topological polar surface area (TPSA) is 91.4 Å². The van der Waals surface area contributed by atoms with E-state index >= 15 is 0 Å². The van der Waals surface area contributed by atoms with Crippen molar-refractivity contribution in [3.63, 3.8) is 0 Å². The first-order valence-electron chi connectivity index (χ1n) is 14.7. The number of carbonyl (C=O) groups is 3. The van der Waals surface area contributed by atoms with Gasteiger partial charge in [-0.1, -0.05) is 66.7 Å². The molecule has 1 aliphatic carbocycles. The standard InChI is InChI=1S/C33H39NO7/c35-28-22-30(40-23-24-12-14-26(15-13-24)25-8-4-3-5-9-25)27(32(28)34-17-20-38-21-18-34)10-6-1-2-7-11-31(36)41-29-16-19-39-33(29)37/h1-5,8-9,12-15,27,29-30,32H,6-7,10-11,16-23H2/t27-,29?,30-,32+/m1/s1. The third-order valence-electron chi connectivity index (χ3n) is 8.09. The Hall–Kier alpha value is -3.33. The molecule has 8 heteroatoms. The van der Waals surface area contributed by atoms with Crippen LogP contribution in [0.15, 0.2) is 66.7 Å². The molecule has 3 fully saturated rings. The van der Waals surface area contributed by atoms with Crippen LogP contribution >= 0.6 is 0 Å². The van der Waals surface area contributed by atoms with Gasteiger partial charge in [0.05, 0.1) is 38.6 Å². The highest BCUT2D eigenvalue weighted by Gasteiger charge is 2.45. The van der Waals surface area contributed by atoms with Gasteiger partial charge in [0.1, 0.15) is 0 Å². The summed E-state index contributed by atoms with van der Waals surface area (Å²) in [5.74, 6) is -0.515. The molecule has 2 aromatic carbocycles. The first kappa shape index (κ1) is 29.2. The van der Waals surface area contributed by atoms with E-state index in [2.05, 4.69) is 47.4 Å². The van der Waals surface area contributed by atoms with Crippen LogP contribution in [0.4, 0.5) is 0 Å². The van der Waals surface area contributed by atoms with Crippen LogP contribution in [0.2, 0.25) is 0 Å². The summed E-state index contributed by atoms with van der Waals surface area (Å²) in [5.41, 5.74) is 3.43. The first-order chi connectivity index (χ1) is 20.1. The average Bonchev–Trinajstić information content (AvgIpc) is 3.55. The highest BCUT2D eigenvalue weighted by atomic mass is 16.6. The van der Waals surface area contributed by atoms with Crippen molar-refractivity contribution < 1.29 is 33.3 Å². The molecule has 0 amide bonds. The maximum atomic E-state index is 13.2. The number of carbonyl (C=O) groups excluding carboxylic acids is 3. The van der Waals surface area contributed by atoms with Gasteiger partial charge < -0.3 is 18.9 Å². The maximum absolute atomic E-state index is 13.2. The molecule has 2 heterocycles. The summed E-state index contributed by atoms with van der Waals surface area (Å²) in [6, 6.07) is 18.5. The van der Waals surface area contributed by atoms with Gasteiger partial charge in [0.25, 0.3) is 0 Å². The SMILES string of the molecule is O=C(CCC=CCC[C@H]1[C@H](N2CCOCC2)C(=O)C[C@H]1OCc1ccc(-c2ccccc2)cc1)OC1CCOC1=O. The molecule has 1 saturated carbocycles. The number of Topliss-reactive ketones (excluding diaryl/α,β-unsaturated/α-hetero) is 1. The van der Waals surface area contributed by atoms with Crippen molar-refractivity contribution in [2.24, 2.45) is 5.92 Å². The van der Waals surface area contributed by atoms with Crippen LogP contribution in [0.25, 0.3) is 11.1 Å². The zero-order chi connectivity index (χ0) is 28.4. The van der Waals surface area contributed by atoms with E-state index in [9.17, 15) is 14.4 Å². The van der Waals surface area contributed by atoms with E-state index in [0.717, 1.165) is 37.1 Å². The van der Waals surface area contributed by atoms with Gasteiger partial charge in [0.2, 0.25) is 6.10 Å². The van der Waals surface area contributed by atoms with Crippen LogP contribution < -0.4 is 0 Å². The van der Waals surface area contributed by atoms with Crippen molar-refractivity contribution in [2.45, 2.75) is 63.4 Å². The van der Waals surface area contributed by atoms with Gasteiger partial charge in [-0.3, -0.25) is 14.5 Å². The van der Waals surface area contributed by atoms with Crippen LogP contribution in [0.3, 0.4) is 0 Å². The molecule has 8 nitrogen and oxygen atoms in total. The van der Waals surface area contributed by atoms with Gasteiger partial charge in [-0.15, -0.1) is 0 Å². The lowest BCUT2D eigenvalue weighted by molar-refractivity contribution is -0.160. The van der Waals surface area contributed by atoms with Crippen molar-refractivity contribution in [1.82, 2.24) is 4.90 Å².